The zero-order valence-electron chi connectivity index (χ0n) is 8.75. The van der Waals surface area contributed by atoms with E-state index in [1.165, 1.54) is 5.56 Å². The third-order valence-corrected chi connectivity index (χ3v) is 2.16. The first-order chi connectivity index (χ1) is 6.74. The van der Waals surface area contributed by atoms with E-state index in [4.69, 9.17) is 5.41 Å². The summed E-state index contributed by atoms with van der Waals surface area (Å²) in [4.78, 5) is 1.86. The topological polar surface area (TPSA) is 39.1 Å². The van der Waals surface area contributed by atoms with E-state index in [-0.39, 0.29) is 0 Å². The van der Waals surface area contributed by atoms with Gasteiger partial charge in [0, 0.05) is 20.1 Å². The molecule has 0 fully saturated rings. The van der Waals surface area contributed by atoms with E-state index in [9.17, 15) is 0 Å². The second-order valence-electron chi connectivity index (χ2n) is 3.20. The van der Waals surface area contributed by atoms with Gasteiger partial charge in [-0.1, -0.05) is 30.3 Å². The summed E-state index contributed by atoms with van der Waals surface area (Å²) in [5.74, 6) is 0.469. The van der Waals surface area contributed by atoms with Crippen LogP contribution in [-0.2, 0) is 6.54 Å². The highest BCUT2D eigenvalue weighted by Crippen LogP contribution is 1.97. The Labute approximate surface area is 85.3 Å². The molecule has 3 heteroatoms. The molecular weight excluding hydrogens is 174 g/mol. The van der Waals surface area contributed by atoms with Crippen LogP contribution in [0.1, 0.15) is 12.5 Å². The molecule has 0 amide bonds. The van der Waals surface area contributed by atoms with Gasteiger partial charge in [0.15, 0.2) is 5.96 Å². The van der Waals surface area contributed by atoms with Gasteiger partial charge in [-0.3, -0.25) is 5.41 Å². The molecule has 0 unspecified atom stereocenters. The third kappa shape index (κ3) is 3.09. The van der Waals surface area contributed by atoms with Crippen LogP contribution < -0.4 is 5.32 Å². The van der Waals surface area contributed by atoms with E-state index in [1.54, 1.807) is 0 Å². The van der Waals surface area contributed by atoms with Crippen LogP contribution in [-0.4, -0.2) is 24.5 Å². The Morgan fingerprint density at radius 1 is 1.36 bits per heavy atom. The molecule has 3 nitrogen and oxygen atoms in total. The molecule has 0 saturated carbocycles. The average Bonchev–Trinajstić information content (AvgIpc) is 2.26. The lowest BCUT2D eigenvalue weighted by atomic mass is 10.2. The predicted octanol–water partition coefficient (Wildman–Crippen LogP) is 1.66. The maximum Gasteiger partial charge on any atom is 0.191 e. The van der Waals surface area contributed by atoms with E-state index < -0.39 is 0 Å². The minimum Gasteiger partial charge on any atom is -0.352 e. The molecule has 0 heterocycles. The Bertz CT molecular complexity index is 282. The van der Waals surface area contributed by atoms with Crippen LogP contribution in [0.15, 0.2) is 30.3 Å². The maximum atomic E-state index is 7.66. The minimum atomic E-state index is 0.469. The summed E-state index contributed by atoms with van der Waals surface area (Å²) in [5.41, 5.74) is 1.20. The Morgan fingerprint density at radius 2 is 2.00 bits per heavy atom. The van der Waals surface area contributed by atoms with Crippen molar-refractivity contribution in [2.24, 2.45) is 0 Å². The first-order valence-corrected chi connectivity index (χ1v) is 4.81. The SMILES string of the molecule is CCN(C)C(=N)NCc1ccccc1. The first-order valence-electron chi connectivity index (χ1n) is 4.81. The van der Waals surface area contributed by atoms with Gasteiger partial charge in [0.25, 0.3) is 0 Å². The van der Waals surface area contributed by atoms with Gasteiger partial charge in [-0.2, -0.15) is 0 Å². The molecule has 0 spiro atoms. The van der Waals surface area contributed by atoms with Crippen molar-refractivity contribution in [2.75, 3.05) is 13.6 Å². The monoisotopic (exact) mass is 191 g/mol. The Hall–Kier alpha value is -1.51. The van der Waals surface area contributed by atoms with Crippen LogP contribution in [0, 0.1) is 5.41 Å². The van der Waals surface area contributed by atoms with Crippen molar-refractivity contribution < 1.29 is 0 Å². The van der Waals surface area contributed by atoms with Crippen molar-refractivity contribution in [1.29, 1.82) is 5.41 Å². The molecule has 1 rings (SSSR count). The molecule has 0 bridgehead atoms. The molecule has 0 aliphatic heterocycles. The lowest BCUT2D eigenvalue weighted by Gasteiger charge is -2.18. The van der Waals surface area contributed by atoms with Crippen molar-refractivity contribution >= 4 is 5.96 Å². The number of guanidine groups is 1. The Balaban J connectivity index is 2.38. The van der Waals surface area contributed by atoms with Gasteiger partial charge < -0.3 is 10.2 Å². The summed E-state index contributed by atoms with van der Waals surface area (Å²) in [6.07, 6.45) is 0. The molecule has 1 aromatic rings. The quantitative estimate of drug-likeness (QED) is 0.563. The molecule has 1 aromatic carbocycles. The van der Waals surface area contributed by atoms with Crippen molar-refractivity contribution in [3.8, 4) is 0 Å². The lowest BCUT2D eigenvalue weighted by molar-refractivity contribution is 0.505. The fraction of sp³-hybridized carbons (Fsp3) is 0.364. The number of benzene rings is 1. The van der Waals surface area contributed by atoms with Gasteiger partial charge in [0.2, 0.25) is 0 Å². The van der Waals surface area contributed by atoms with E-state index in [0.717, 1.165) is 6.54 Å². The Kier molecular flexibility index (Phi) is 3.98. The van der Waals surface area contributed by atoms with Crippen LogP contribution in [0.4, 0.5) is 0 Å². The number of hydrogen-bond donors (Lipinski definition) is 2. The zero-order chi connectivity index (χ0) is 10.4. The van der Waals surface area contributed by atoms with E-state index in [1.807, 2.05) is 49.2 Å². The van der Waals surface area contributed by atoms with Crippen LogP contribution in [0.5, 0.6) is 0 Å². The number of nitrogens with one attached hydrogen (secondary N) is 2. The van der Waals surface area contributed by atoms with Gasteiger partial charge in [-0.25, -0.2) is 0 Å². The molecule has 0 saturated heterocycles. The first kappa shape index (κ1) is 10.6. The number of nitrogens with zero attached hydrogens (tertiary/aromatic N) is 1. The summed E-state index contributed by atoms with van der Waals surface area (Å²) in [6.45, 7) is 3.59. The van der Waals surface area contributed by atoms with Crippen molar-refractivity contribution in [3.05, 3.63) is 35.9 Å². The molecule has 0 aromatic heterocycles. The fourth-order valence-electron chi connectivity index (χ4n) is 1.07. The summed E-state index contributed by atoms with van der Waals surface area (Å²) in [5, 5.41) is 10.7. The van der Waals surface area contributed by atoms with Crippen LogP contribution in [0.25, 0.3) is 0 Å². The van der Waals surface area contributed by atoms with Gasteiger partial charge in [-0.05, 0) is 12.5 Å². The van der Waals surface area contributed by atoms with Gasteiger partial charge in [0.05, 0.1) is 0 Å². The highest BCUT2D eigenvalue weighted by molar-refractivity contribution is 5.76. The Morgan fingerprint density at radius 3 is 2.57 bits per heavy atom. The van der Waals surface area contributed by atoms with Gasteiger partial charge in [0.1, 0.15) is 0 Å². The number of rotatable bonds is 3. The summed E-state index contributed by atoms with van der Waals surface area (Å²) in [6, 6.07) is 10.1. The molecule has 0 atom stereocenters. The zero-order valence-corrected chi connectivity index (χ0v) is 8.75. The second kappa shape index (κ2) is 5.27. The molecule has 0 aliphatic carbocycles. The summed E-state index contributed by atoms with van der Waals surface area (Å²) in [7, 11) is 1.90. The van der Waals surface area contributed by atoms with Crippen LogP contribution in [0.2, 0.25) is 0 Å². The fourth-order valence-corrected chi connectivity index (χ4v) is 1.07. The molecule has 0 radical (unpaired) electrons. The van der Waals surface area contributed by atoms with E-state index in [2.05, 4.69) is 5.32 Å². The predicted molar refractivity (Wildman–Crippen MR) is 59.3 cm³/mol. The highest BCUT2D eigenvalue weighted by Gasteiger charge is 1.99. The second-order valence-corrected chi connectivity index (χ2v) is 3.20. The largest absolute Gasteiger partial charge is 0.352 e. The van der Waals surface area contributed by atoms with Gasteiger partial charge >= 0.3 is 0 Å². The lowest BCUT2D eigenvalue weighted by Crippen LogP contribution is -2.37. The average molecular weight is 191 g/mol. The molecule has 14 heavy (non-hydrogen) atoms. The van der Waals surface area contributed by atoms with E-state index >= 15 is 0 Å². The maximum absolute atomic E-state index is 7.66. The highest BCUT2D eigenvalue weighted by atomic mass is 15.2. The van der Waals surface area contributed by atoms with Crippen molar-refractivity contribution in [1.82, 2.24) is 10.2 Å². The summed E-state index contributed by atoms with van der Waals surface area (Å²) < 4.78 is 0. The summed E-state index contributed by atoms with van der Waals surface area (Å²) >= 11 is 0. The normalized spacial score (nSPS) is 9.57. The number of hydrogen-bond acceptors (Lipinski definition) is 1. The van der Waals surface area contributed by atoms with E-state index in [0.29, 0.717) is 12.5 Å². The third-order valence-electron chi connectivity index (χ3n) is 2.16. The molecule has 76 valence electrons. The van der Waals surface area contributed by atoms with Crippen molar-refractivity contribution in [3.63, 3.8) is 0 Å². The smallest absolute Gasteiger partial charge is 0.191 e. The molecule has 2 N–H and O–H groups in total. The van der Waals surface area contributed by atoms with Crippen LogP contribution >= 0.6 is 0 Å². The minimum absolute atomic E-state index is 0.469. The van der Waals surface area contributed by atoms with Gasteiger partial charge in [-0.15, -0.1) is 0 Å². The van der Waals surface area contributed by atoms with Crippen molar-refractivity contribution in [2.45, 2.75) is 13.5 Å². The van der Waals surface area contributed by atoms with Crippen LogP contribution in [0.3, 0.4) is 0 Å². The molecular formula is C11H17N3. The standard InChI is InChI=1S/C11H17N3/c1-3-14(2)11(12)13-9-10-7-5-4-6-8-10/h4-8H,3,9H2,1-2H3,(H2,12,13). The molecule has 0 aliphatic rings.